The van der Waals surface area contributed by atoms with Crippen molar-refractivity contribution in [2.75, 3.05) is 6.54 Å². The van der Waals surface area contributed by atoms with E-state index in [-0.39, 0.29) is 18.7 Å². The summed E-state index contributed by atoms with van der Waals surface area (Å²) >= 11 is 0. The minimum Gasteiger partial charge on any atom is -0.481 e. The Bertz CT molecular complexity index is 920. The van der Waals surface area contributed by atoms with Crippen LogP contribution in [0.3, 0.4) is 0 Å². The summed E-state index contributed by atoms with van der Waals surface area (Å²) in [6.07, 6.45) is 1.19. The lowest BCUT2D eigenvalue weighted by Gasteiger charge is -2.11. The number of nitrogens with one attached hydrogen (secondary N) is 2. The molecule has 0 bridgehead atoms. The standard InChI is InChI=1S/C21H20N2O6/c1-14(24)29-17-9-7-15(8-10-17)13-18(21(28)22-12-11-19(25)26)23-20(27)16-5-3-2-4-6-16/h2-10,13H,11-12H2,1H3,(H,22,28)(H,23,27)(H,25,26)/b18-13+. The third-order valence-corrected chi connectivity index (χ3v) is 3.61. The first kappa shape index (κ1) is 21.4. The molecule has 0 spiro atoms. The molecule has 0 radical (unpaired) electrons. The van der Waals surface area contributed by atoms with Crippen molar-refractivity contribution in [2.45, 2.75) is 13.3 Å². The van der Waals surface area contributed by atoms with Crippen LogP contribution in [0.5, 0.6) is 5.75 Å². The summed E-state index contributed by atoms with van der Waals surface area (Å²) in [6, 6.07) is 14.7. The number of carboxylic acids is 1. The molecule has 0 fully saturated rings. The highest BCUT2D eigenvalue weighted by molar-refractivity contribution is 6.05. The second kappa shape index (κ2) is 10.4. The molecule has 0 heterocycles. The Kier molecular flexibility index (Phi) is 7.67. The van der Waals surface area contributed by atoms with Gasteiger partial charge in [0.05, 0.1) is 6.42 Å². The quantitative estimate of drug-likeness (QED) is 0.356. The topological polar surface area (TPSA) is 122 Å². The average Bonchev–Trinajstić information content (AvgIpc) is 2.68. The van der Waals surface area contributed by atoms with Gasteiger partial charge in [0.25, 0.3) is 11.8 Å². The van der Waals surface area contributed by atoms with E-state index in [9.17, 15) is 19.2 Å². The van der Waals surface area contributed by atoms with Crippen LogP contribution in [0.25, 0.3) is 6.08 Å². The van der Waals surface area contributed by atoms with Crippen LogP contribution in [0.1, 0.15) is 29.3 Å². The lowest BCUT2D eigenvalue weighted by atomic mass is 10.1. The first-order valence-electron chi connectivity index (χ1n) is 8.71. The molecule has 8 heteroatoms. The van der Waals surface area contributed by atoms with Crippen LogP contribution < -0.4 is 15.4 Å². The first-order chi connectivity index (χ1) is 13.8. The van der Waals surface area contributed by atoms with Gasteiger partial charge < -0.3 is 20.5 Å². The van der Waals surface area contributed by atoms with Gasteiger partial charge in [-0.2, -0.15) is 0 Å². The maximum atomic E-state index is 12.5. The highest BCUT2D eigenvalue weighted by atomic mass is 16.5. The van der Waals surface area contributed by atoms with Gasteiger partial charge in [-0.3, -0.25) is 19.2 Å². The summed E-state index contributed by atoms with van der Waals surface area (Å²) in [4.78, 5) is 46.5. The molecule has 0 atom stereocenters. The largest absolute Gasteiger partial charge is 0.481 e. The van der Waals surface area contributed by atoms with Crippen molar-refractivity contribution < 1.29 is 29.0 Å². The van der Waals surface area contributed by atoms with E-state index in [4.69, 9.17) is 9.84 Å². The summed E-state index contributed by atoms with van der Waals surface area (Å²) in [6.45, 7) is 1.20. The third-order valence-electron chi connectivity index (χ3n) is 3.61. The van der Waals surface area contributed by atoms with E-state index >= 15 is 0 Å². The van der Waals surface area contributed by atoms with Crippen molar-refractivity contribution in [3.63, 3.8) is 0 Å². The second-order valence-electron chi connectivity index (χ2n) is 5.94. The lowest BCUT2D eigenvalue weighted by Crippen LogP contribution is -2.35. The number of ether oxygens (including phenoxy) is 1. The first-order valence-corrected chi connectivity index (χ1v) is 8.71. The maximum absolute atomic E-state index is 12.5. The molecule has 29 heavy (non-hydrogen) atoms. The van der Waals surface area contributed by atoms with Crippen molar-refractivity contribution >= 4 is 29.8 Å². The Hall–Kier alpha value is -3.94. The van der Waals surface area contributed by atoms with Gasteiger partial charge in [-0.1, -0.05) is 30.3 Å². The molecule has 2 aromatic rings. The van der Waals surface area contributed by atoms with E-state index in [1.807, 2.05) is 0 Å². The molecule has 0 aliphatic carbocycles. The van der Waals surface area contributed by atoms with E-state index in [1.54, 1.807) is 54.6 Å². The molecule has 8 nitrogen and oxygen atoms in total. The van der Waals surface area contributed by atoms with E-state index in [0.717, 1.165) is 0 Å². The lowest BCUT2D eigenvalue weighted by molar-refractivity contribution is -0.137. The maximum Gasteiger partial charge on any atom is 0.308 e. The second-order valence-corrected chi connectivity index (χ2v) is 5.94. The summed E-state index contributed by atoms with van der Waals surface area (Å²) in [5.41, 5.74) is 0.879. The Morgan fingerprint density at radius 1 is 1.00 bits per heavy atom. The fourth-order valence-electron chi connectivity index (χ4n) is 2.29. The zero-order valence-corrected chi connectivity index (χ0v) is 15.7. The van der Waals surface area contributed by atoms with Gasteiger partial charge in [0, 0.05) is 19.0 Å². The van der Waals surface area contributed by atoms with Crippen molar-refractivity contribution in [1.82, 2.24) is 10.6 Å². The molecule has 0 unspecified atom stereocenters. The SMILES string of the molecule is CC(=O)Oc1ccc(/C=C(/NC(=O)c2ccccc2)C(=O)NCCC(=O)O)cc1. The van der Waals surface area contributed by atoms with Crippen molar-refractivity contribution in [3.05, 3.63) is 71.4 Å². The van der Waals surface area contributed by atoms with Crippen LogP contribution in [0.2, 0.25) is 0 Å². The van der Waals surface area contributed by atoms with Gasteiger partial charge >= 0.3 is 11.9 Å². The van der Waals surface area contributed by atoms with E-state index < -0.39 is 23.8 Å². The molecule has 0 aromatic heterocycles. The monoisotopic (exact) mass is 396 g/mol. The van der Waals surface area contributed by atoms with Crippen LogP contribution in [-0.4, -0.2) is 35.4 Å². The number of hydrogen-bond acceptors (Lipinski definition) is 5. The van der Waals surface area contributed by atoms with Gasteiger partial charge in [0.15, 0.2) is 0 Å². The van der Waals surface area contributed by atoms with Crippen LogP contribution in [0.4, 0.5) is 0 Å². The molecule has 2 amide bonds. The van der Waals surface area contributed by atoms with Gasteiger partial charge in [0.1, 0.15) is 11.4 Å². The Balaban J connectivity index is 2.21. The molecular formula is C21H20N2O6. The zero-order chi connectivity index (χ0) is 21.2. The van der Waals surface area contributed by atoms with E-state index in [0.29, 0.717) is 16.9 Å². The Labute approximate surface area is 167 Å². The van der Waals surface area contributed by atoms with E-state index in [2.05, 4.69) is 10.6 Å². The Morgan fingerprint density at radius 3 is 2.24 bits per heavy atom. The minimum atomic E-state index is -1.05. The van der Waals surface area contributed by atoms with Crippen molar-refractivity contribution in [2.24, 2.45) is 0 Å². The zero-order valence-electron chi connectivity index (χ0n) is 15.7. The summed E-state index contributed by atoms with van der Waals surface area (Å²) in [7, 11) is 0. The average molecular weight is 396 g/mol. The number of carbonyl (C=O) groups excluding carboxylic acids is 3. The molecular weight excluding hydrogens is 376 g/mol. The fraction of sp³-hybridized carbons (Fsp3) is 0.143. The van der Waals surface area contributed by atoms with Gasteiger partial charge in [-0.15, -0.1) is 0 Å². The molecule has 150 valence electrons. The summed E-state index contributed by atoms with van der Waals surface area (Å²) in [5, 5.41) is 13.7. The molecule has 2 aromatic carbocycles. The van der Waals surface area contributed by atoms with Crippen LogP contribution in [0, 0.1) is 0 Å². The number of aliphatic carboxylic acids is 1. The Morgan fingerprint density at radius 2 is 1.66 bits per heavy atom. The number of amides is 2. The number of esters is 1. The predicted molar refractivity (Wildman–Crippen MR) is 105 cm³/mol. The molecule has 2 rings (SSSR count). The normalized spacial score (nSPS) is 10.7. The number of benzene rings is 2. The smallest absolute Gasteiger partial charge is 0.308 e. The minimum absolute atomic E-state index is 0.0514. The highest BCUT2D eigenvalue weighted by Gasteiger charge is 2.15. The van der Waals surface area contributed by atoms with Crippen molar-refractivity contribution in [3.8, 4) is 5.75 Å². The van der Waals surface area contributed by atoms with Gasteiger partial charge in [-0.05, 0) is 35.9 Å². The van der Waals surface area contributed by atoms with Crippen LogP contribution >= 0.6 is 0 Å². The number of hydrogen-bond donors (Lipinski definition) is 3. The molecule has 0 aliphatic heterocycles. The van der Waals surface area contributed by atoms with Crippen molar-refractivity contribution in [1.29, 1.82) is 0 Å². The van der Waals surface area contributed by atoms with Gasteiger partial charge in [0.2, 0.25) is 0 Å². The predicted octanol–water partition coefficient (Wildman–Crippen LogP) is 1.97. The summed E-state index contributed by atoms with van der Waals surface area (Å²) < 4.78 is 4.96. The molecule has 3 N–H and O–H groups in total. The van der Waals surface area contributed by atoms with Crippen LogP contribution in [-0.2, 0) is 14.4 Å². The number of carbonyl (C=O) groups is 4. The fourth-order valence-corrected chi connectivity index (χ4v) is 2.29. The summed E-state index contributed by atoms with van der Waals surface area (Å²) in [5.74, 6) is -2.27. The number of rotatable bonds is 8. The third kappa shape index (κ3) is 7.30. The molecule has 0 aliphatic rings. The number of carboxylic acid groups (broad SMARTS) is 1. The molecule has 0 saturated heterocycles. The highest BCUT2D eigenvalue weighted by Crippen LogP contribution is 2.15. The van der Waals surface area contributed by atoms with Crippen LogP contribution in [0.15, 0.2) is 60.3 Å². The van der Waals surface area contributed by atoms with E-state index in [1.165, 1.54) is 13.0 Å². The van der Waals surface area contributed by atoms with Gasteiger partial charge in [-0.25, -0.2) is 0 Å². The molecule has 0 saturated carbocycles.